The van der Waals surface area contributed by atoms with Gasteiger partial charge in [-0.1, -0.05) is 0 Å². The van der Waals surface area contributed by atoms with Crippen LogP contribution in [0.4, 0.5) is 0 Å². The van der Waals surface area contributed by atoms with Crippen LogP contribution in [0.1, 0.15) is 28.8 Å². The third kappa shape index (κ3) is 2.43. The number of hydrogen-bond donors (Lipinski definition) is 0. The molecule has 2 saturated heterocycles. The van der Waals surface area contributed by atoms with Crippen LogP contribution in [0.15, 0.2) is 18.5 Å². The van der Waals surface area contributed by atoms with E-state index in [0.29, 0.717) is 25.3 Å². The fraction of sp³-hybridized carbons (Fsp3) is 0.600. The molecule has 108 valence electrons. The Morgan fingerprint density at radius 3 is 3.00 bits per heavy atom. The molecule has 0 saturated carbocycles. The highest BCUT2D eigenvalue weighted by Crippen LogP contribution is 2.35. The summed E-state index contributed by atoms with van der Waals surface area (Å²) in [6.45, 7) is 3.96. The molecule has 1 amide bonds. The molecule has 1 atom stereocenters. The van der Waals surface area contributed by atoms with Crippen molar-refractivity contribution in [3.8, 4) is 0 Å². The molecule has 2 fully saturated rings. The van der Waals surface area contributed by atoms with Crippen molar-refractivity contribution in [1.82, 2.24) is 9.88 Å². The lowest BCUT2D eigenvalue weighted by Crippen LogP contribution is -2.67. The number of carbonyl (C=O) groups excluding carboxylic acids is 1. The van der Waals surface area contributed by atoms with Crippen molar-refractivity contribution in [1.29, 1.82) is 0 Å². The number of likely N-dealkylation sites (tertiary alicyclic amines) is 1. The highest BCUT2D eigenvalue weighted by molar-refractivity contribution is 5.94. The topological polar surface area (TPSA) is 51.7 Å². The lowest BCUT2D eigenvalue weighted by Gasteiger charge is -2.52. The summed E-state index contributed by atoms with van der Waals surface area (Å²) in [5.41, 5.74) is 1.46. The van der Waals surface area contributed by atoms with E-state index in [4.69, 9.17) is 9.47 Å². The molecular formula is C15H20N2O3. The summed E-state index contributed by atoms with van der Waals surface area (Å²) >= 11 is 0. The first-order valence-corrected chi connectivity index (χ1v) is 7.00. The van der Waals surface area contributed by atoms with E-state index in [1.165, 1.54) is 0 Å². The first kappa shape index (κ1) is 13.5. The predicted molar refractivity (Wildman–Crippen MR) is 73.6 cm³/mol. The standard InChI is InChI=1S/C15H20N2O3/c1-11-5-12(8-16-7-11)14(18)17-9-15(10-17)6-13(19-2)3-4-20-15/h5,7-8,13H,3-4,6,9-10H2,1-2H3/t13-/m1/s1. The van der Waals surface area contributed by atoms with Crippen molar-refractivity contribution >= 4 is 5.91 Å². The summed E-state index contributed by atoms with van der Waals surface area (Å²) in [6.07, 6.45) is 5.44. The van der Waals surface area contributed by atoms with E-state index >= 15 is 0 Å². The Labute approximate surface area is 118 Å². The number of aromatic nitrogens is 1. The second-order valence-electron chi connectivity index (χ2n) is 5.79. The predicted octanol–water partition coefficient (Wildman–Crippen LogP) is 1.41. The average Bonchev–Trinajstić information content (AvgIpc) is 2.44. The van der Waals surface area contributed by atoms with Crippen LogP contribution in [0, 0.1) is 6.92 Å². The van der Waals surface area contributed by atoms with Crippen molar-refractivity contribution in [3.63, 3.8) is 0 Å². The van der Waals surface area contributed by atoms with Gasteiger partial charge in [0.25, 0.3) is 5.91 Å². The van der Waals surface area contributed by atoms with Gasteiger partial charge in [-0.3, -0.25) is 9.78 Å². The minimum Gasteiger partial charge on any atom is -0.381 e. The molecule has 0 unspecified atom stereocenters. The maximum atomic E-state index is 12.4. The van der Waals surface area contributed by atoms with Gasteiger partial charge in [0.1, 0.15) is 5.60 Å². The highest BCUT2D eigenvalue weighted by atomic mass is 16.5. The minimum atomic E-state index is -0.189. The van der Waals surface area contributed by atoms with E-state index in [1.54, 1.807) is 19.5 Å². The van der Waals surface area contributed by atoms with Crippen molar-refractivity contribution in [2.24, 2.45) is 0 Å². The summed E-state index contributed by atoms with van der Waals surface area (Å²) in [7, 11) is 1.74. The van der Waals surface area contributed by atoms with Crippen molar-refractivity contribution < 1.29 is 14.3 Å². The normalized spacial score (nSPS) is 24.5. The van der Waals surface area contributed by atoms with Crippen molar-refractivity contribution in [2.75, 3.05) is 26.8 Å². The lowest BCUT2D eigenvalue weighted by atomic mass is 9.84. The number of methoxy groups -OCH3 is 1. The molecule has 1 aromatic rings. The molecule has 2 aliphatic rings. The largest absolute Gasteiger partial charge is 0.381 e. The maximum absolute atomic E-state index is 12.4. The van der Waals surface area contributed by atoms with Crippen LogP contribution in [-0.4, -0.2) is 54.3 Å². The minimum absolute atomic E-state index is 0.0370. The smallest absolute Gasteiger partial charge is 0.255 e. The third-order valence-corrected chi connectivity index (χ3v) is 4.15. The first-order valence-electron chi connectivity index (χ1n) is 7.00. The van der Waals surface area contributed by atoms with E-state index in [0.717, 1.165) is 18.4 Å². The Hall–Kier alpha value is -1.46. The Balaban J connectivity index is 1.64. The van der Waals surface area contributed by atoms with E-state index < -0.39 is 0 Å². The van der Waals surface area contributed by atoms with Gasteiger partial charge in [-0.15, -0.1) is 0 Å². The van der Waals surface area contributed by atoms with Gasteiger partial charge in [0.05, 0.1) is 24.8 Å². The monoisotopic (exact) mass is 276 g/mol. The fourth-order valence-corrected chi connectivity index (χ4v) is 3.05. The van der Waals surface area contributed by atoms with Crippen LogP contribution in [0.3, 0.4) is 0 Å². The maximum Gasteiger partial charge on any atom is 0.255 e. The molecule has 0 aliphatic carbocycles. The molecule has 0 aromatic carbocycles. The number of carbonyl (C=O) groups is 1. The average molecular weight is 276 g/mol. The number of hydrogen-bond acceptors (Lipinski definition) is 4. The van der Waals surface area contributed by atoms with Gasteiger partial charge in [0.2, 0.25) is 0 Å². The number of aryl methyl sites for hydroxylation is 1. The van der Waals surface area contributed by atoms with Gasteiger partial charge in [-0.25, -0.2) is 0 Å². The number of amides is 1. The zero-order valence-electron chi connectivity index (χ0n) is 12.0. The number of ether oxygens (including phenoxy) is 2. The van der Waals surface area contributed by atoms with Crippen molar-refractivity contribution in [2.45, 2.75) is 31.5 Å². The third-order valence-electron chi connectivity index (χ3n) is 4.15. The summed E-state index contributed by atoms with van der Waals surface area (Å²) in [5.74, 6) is 0.0370. The molecule has 0 radical (unpaired) electrons. The molecule has 3 rings (SSSR count). The van der Waals surface area contributed by atoms with Gasteiger partial charge < -0.3 is 14.4 Å². The molecule has 1 spiro atoms. The van der Waals surface area contributed by atoms with Crippen LogP contribution in [0.2, 0.25) is 0 Å². The summed E-state index contributed by atoms with van der Waals surface area (Å²) in [4.78, 5) is 18.3. The molecule has 1 aromatic heterocycles. The Morgan fingerprint density at radius 2 is 2.30 bits per heavy atom. The molecule has 5 heteroatoms. The zero-order valence-corrected chi connectivity index (χ0v) is 12.0. The molecule has 0 bridgehead atoms. The zero-order chi connectivity index (χ0) is 14.2. The summed E-state index contributed by atoms with van der Waals surface area (Å²) < 4.78 is 11.3. The van der Waals surface area contributed by atoms with E-state index in [-0.39, 0.29) is 17.6 Å². The molecular weight excluding hydrogens is 256 g/mol. The molecule has 5 nitrogen and oxygen atoms in total. The van der Waals surface area contributed by atoms with Gasteiger partial charge in [-0.2, -0.15) is 0 Å². The Bertz CT molecular complexity index is 512. The number of nitrogens with zero attached hydrogens (tertiary/aromatic N) is 2. The first-order chi connectivity index (χ1) is 9.62. The highest BCUT2D eigenvalue weighted by Gasteiger charge is 2.49. The molecule has 2 aliphatic heterocycles. The van der Waals surface area contributed by atoms with E-state index in [2.05, 4.69) is 4.98 Å². The van der Waals surface area contributed by atoms with Crippen LogP contribution in [0.5, 0.6) is 0 Å². The van der Waals surface area contributed by atoms with Crippen LogP contribution >= 0.6 is 0 Å². The number of rotatable bonds is 2. The second-order valence-corrected chi connectivity index (χ2v) is 5.79. The van der Waals surface area contributed by atoms with E-state index in [9.17, 15) is 4.79 Å². The molecule has 3 heterocycles. The summed E-state index contributed by atoms with van der Waals surface area (Å²) in [5, 5.41) is 0. The van der Waals surface area contributed by atoms with Gasteiger partial charge >= 0.3 is 0 Å². The molecule has 20 heavy (non-hydrogen) atoms. The fourth-order valence-electron chi connectivity index (χ4n) is 3.05. The van der Waals surface area contributed by atoms with Crippen LogP contribution in [-0.2, 0) is 9.47 Å². The van der Waals surface area contributed by atoms with Crippen LogP contribution in [0.25, 0.3) is 0 Å². The van der Waals surface area contributed by atoms with Crippen molar-refractivity contribution in [3.05, 3.63) is 29.6 Å². The lowest BCUT2D eigenvalue weighted by molar-refractivity contribution is -0.181. The Morgan fingerprint density at radius 1 is 1.50 bits per heavy atom. The molecule has 0 N–H and O–H groups in total. The second kappa shape index (κ2) is 5.14. The van der Waals surface area contributed by atoms with Crippen LogP contribution < -0.4 is 0 Å². The van der Waals surface area contributed by atoms with Gasteiger partial charge in [0, 0.05) is 32.5 Å². The quantitative estimate of drug-likeness (QED) is 0.819. The Kier molecular flexibility index (Phi) is 3.48. The van der Waals surface area contributed by atoms with Gasteiger partial charge in [0.15, 0.2) is 0 Å². The SMILES string of the molecule is CO[C@@H]1CCOC2(C1)CN(C(=O)c1cncc(C)c1)C2. The summed E-state index contributed by atoms with van der Waals surface area (Å²) in [6, 6.07) is 1.88. The number of pyridine rings is 1. The van der Waals surface area contributed by atoms with E-state index in [1.807, 2.05) is 17.9 Å². The van der Waals surface area contributed by atoms with Gasteiger partial charge in [-0.05, 0) is 25.0 Å².